The number of hydrogen-bond donors (Lipinski definition) is 2. The SMILES string of the molecule is COCC(C)(C)CCCNCc1ccc(C(=O)O)cc1. The van der Waals surface area contributed by atoms with Crippen LogP contribution in [0.5, 0.6) is 0 Å². The molecule has 0 heterocycles. The second kappa shape index (κ2) is 8.02. The maximum atomic E-state index is 10.7. The van der Waals surface area contributed by atoms with Gasteiger partial charge >= 0.3 is 5.97 Å². The molecule has 0 radical (unpaired) electrons. The molecule has 4 heteroatoms. The van der Waals surface area contributed by atoms with Gasteiger partial charge in [-0.1, -0.05) is 26.0 Å². The van der Waals surface area contributed by atoms with Gasteiger partial charge in [0.2, 0.25) is 0 Å². The van der Waals surface area contributed by atoms with Crippen LogP contribution in [0, 0.1) is 5.41 Å². The fraction of sp³-hybridized carbons (Fsp3) is 0.562. The monoisotopic (exact) mass is 279 g/mol. The van der Waals surface area contributed by atoms with Crippen LogP contribution in [0.4, 0.5) is 0 Å². The predicted octanol–water partition coefficient (Wildman–Crippen LogP) is 2.93. The zero-order valence-electron chi connectivity index (χ0n) is 12.6. The highest BCUT2D eigenvalue weighted by Crippen LogP contribution is 2.21. The Bertz CT molecular complexity index is 412. The lowest BCUT2D eigenvalue weighted by molar-refractivity contribution is 0.0697. The molecule has 0 bridgehead atoms. The molecule has 0 aliphatic carbocycles. The fourth-order valence-electron chi connectivity index (χ4n) is 2.15. The van der Waals surface area contributed by atoms with Crippen LogP contribution >= 0.6 is 0 Å². The van der Waals surface area contributed by atoms with E-state index in [-0.39, 0.29) is 5.41 Å². The standard InChI is InChI=1S/C16H25NO3/c1-16(2,12-20-3)9-4-10-17-11-13-5-7-14(8-6-13)15(18)19/h5-8,17H,4,9-12H2,1-3H3,(H,18,19). The van der Waals surface area contributed by atoms with Crippen LogP contribution in [0.2, 0.25) is 0 Å². The molecule has 0 unspecified atom stereocenters. The van der Waals surface area contributed by atoms with Crippen molar-refractivity contribution in [2.75, 3.05) is 20.3 Å². The van der Waals surface area contributed by atoms with Crippen LogP contribution < -0.4 is 5.32 Å². The van der Waals surface area contributed by atoms with Crippen molar-refractivity contribution in [3.05, 3.63) is 35.4 Å². The van der Waals surface area contributed by atoms with Gasteiger partial charge in [-0.2, -0.15) is 0 Å². The Morgan fingerprint density at radius 2 is 1.95 bits per heavy atom. The lowest BCUT2D eigenvalue weighted by Crippen LogP contribution is -2.21. The van der Waals surface area contributed by atoms with Crippen molar-refractivity contribution in [3.63, 3.8) is 0 Å². The van der Waals surface area contributed by atoms with Gasteiger partial charge in [-0.15, -0.1) is 0 Å². The average Bonchev–Trinajstić information content (AvgIpc) is 2.38. The summed E-state index contributed by atoms with van der Waals surface area (Å²) in [6.07, 6.45) is 2.22. The largest absolute Gasteiger partial charge is 0.478 e. The summed E-state index contributed by atoms with van der Waals surface area (Å²) in [5.74, 6) is -0.884. The number of ether oxygens (including phenoxy) is 1. The van der Waals surface area contributed by atoms with E-state index in [1.54, 1.807) is 19.2 Å². The topological polar surface area (TPSA) is 58.6 Å². The Balaban J connectivity index is 2.23. The van der Waals surface area contributed by atoms with E-state index in [2.05, 4.69) is 19.2 Å². The Labute approximate surface area is 121 Å². The van der Waals surface area contributed by atoms with Crippen LogP contribution in [0.3, 0.4) is 0 Å². The van der Waals surface area contributed by atoms with Crippen LogP contribution in [0.15, 0.2) is 24.3 Å². The molecule has 20 heavy (non-hydrogen) atoms. The quantitative estimate of drug-likeness (QED) is 0.682. The summed E-state index contributed by atoms with van der Waals surface area (Å²) in [5.41, 5.74) is 1.65. The van der Waals surface area contributed by atoms with Crippen LogP contribution in [-0.2, 0) is 11.3 Å². The minimum absolute atomic E-state index is 0.222. The third-order valence-electron chi connectivity index (χ3n) is 3.27. The van der Waals surface area contributed by atoms with E-state index in [0.717, 1.165) is 38.1 Å². The zero-order chi connectivity index (χ0) is 15.0. The molecule has 0 aliphatic heterocycles. The summed E-state index contributed by atoms with van der Waals surface area (Å²) in [7, 11) is 1.74. The molecule has 2 N–H and O–H groups in total. The van der Waals surface area contributed by atoms with Crippen molar-refractivity contribution < 1.29 is 14.6 Å². The molecule has 1 aromatic rings. The third kappa shape index (κ3) is 6.17. The number of carboxylic acid groups (broad SMARTS) is 1. The van der Waals surface area contributed by atoms with E-state index < -0.39 is 5.97 Å². The van der Waals surface area contributed by atoms with Gasteiger partial charge in [0.15, 0.2) is 0 Å². The Hall–Kier alpha value is -1.39. The molecule has 0 aromatic heterocycles. The highest BCUT2D eigenvalue weighted by molar-refractivity contribution is 5.87. The molecule has 1 aromatic carbocycles. The molecule has 4 nitrogen and oxygen atoms in total. The van der Waals surface area contributed by atoms with E-state index in [1.807, 2.05) is 12.1 Å². The van der Waals surface area contributed by atoms with Gasteiger partial charge in [0.25, 0.3) is 0 Å². The molecule has 0 saturated carbocycles. The number of benzene rings is 1. The Kier molecular flexibility index (Phi) is 6.68. The number of carboxylic acids is 1. The van der Waals surface area contributed by atoms with Crippen molar-refractivity contribution >= 4 is 5.97 Å². The van der Waals surface area contributed by atoms with E-state index in [1.165, 1.54) is 0 Å². The van der Waals surface area contributed by atoms with Crippen molar-refractivity contribution in [1.29, 1.82) is 0 Å². The highest BCUT2D eigenvalue weighted by atomic mass is 16.5. The minimum atomic E-state index is -0.884. The van der Waals surface area contributed by atoms with E-state index >= 15 is 0 Å². The van der Waals surface area contributed by atoms with Gasteiger partial charge in [-0.3, -0.25) is 0 Å². The van der Waals surface area contributed by atoms with E-state index in [0.29, 0.717) is 5.56 Å². The van der Waals surface area contributed by atoms with Gasteiger partial charge in [0.1, 0.15) is 0 Å². The highest BCUT2D eigenvalue weighted by Gasteiger charge is 2.16. The van der Waals surface area contributed by atoms with Crippen LogP contribution in [0.1, 0.15) is 42.6 Å². The number of nitrogens with one attached hydrogen (secondary N) is 1. The van der Waals surface area contributed by atoms with Crippen molar-refractivity contribution in [1.82, 2.24) is 5.32 Å². The number of aromatic carboxylic acids is 1. The maximum absolute atomic E-state index is 10.7. The smallest absolute Gasteiger partial charge is 0.335 e. The molecule has 1 rings (SSSR count). The summed E-state index contributed by atoms with van der Waals surface area (Å²) >= 11 is 0. The first-order chi connectivity index (χ1) is 9.44. The second-order valence-corrected chi connectivity index (χ2v) is 5.88. The van der Waals surface area contributed by atoms with Crippen molar-refractivity contribution in [3.8, 4) is 0 Å². The molecular weight excluding hydrogens is 254 g/mol. The Morgan fingerprint density at radius 3 is 2.50 bits per heavy atom. The molecule has 0 saturated heterocycles. The molecule has 0 aliphatic rings. The van der Waals surface area contributed by atoms with Crippen molar-refractivity contribution in [2.45, 2.75) is 33.2 Å². The molecule has 0 amide bonds. The minimum Gasteiger partial charge on any atom is -0.478 e. The van der Waals surface area contributed by atoms with Gasteiger partial charge in [0.05, 0.1) is 12.2 Å². The lowest BCUT2D eigenvalue weighted by Gasteiger charge is -2.23. The summed E-state index contributed by atoms with van der Waals surface area (Å²) in [5, 5.41) is 12.2. The zero-order valence-corrected chi connectivity index (χ0v) is 12.6. The molecule has 0 atom stereocenters. The average molecular weight is 279 g/mol. The summed E-state index contributed by atoms with van der Waals surface area (Å²) < 4.78 is 5.20. The van der Waals surface area contributed by atoms with Crippen LogP contribution in [0.25, 0.3) is 0 Å². The van der Waals surface area contributed by atoms with E-state index in [4.69, 9.17) is 9.84 Å². The molecule has 0 fully saturated rings. The third-order valence-corrected chi connectivity index (χ3v) is 3.27. The molecular formula is C16H25NO3. The maximum Gasteiger partial charge on any atom is 0.335 e. The van der Waals surface area contributed by atoms with Crippen LogP contribution in [-0.4, -0.2) is 31.3 Å². The normalized spacial score (nSPS) is 11.6. The first-order valence-corrected chi connectivity index (χ1v) is 6.96. The van der Waals surface area contributed by atoms with E-state index in [9.17, 15) is 4.79 Å². The number of carbonyl (C=O) groups is 1. The first-order valence-electron chi connectivity index (χ1n) is 6.96. The lowest BCUT2D eigenvalue weighted by atomic mass is 9.89. The van der Waals surface area contributed by atoms with Crippen molar-refractivity contribution in [2.24, 2.45) is 5.41 Å². The van der Waals surface area contributed by atoms with Gasteiger partial charge in [0, 0.05) is 13.7 Å². The summed E-state index contributed by atoms with van der Waals surface area (Å²) in [4.78, 5) is 10.7. The second-order valence-electron chi connectivity index (χ2n) is 5.88. The van der Waals surface area contributed by atoms with Gasteiger partial charge in [-0.25, -0.2) is 4.79 Å². The number of rotatable bonds is 9. The summed E-state index contributed by atoms with van der Waals surface area (Å²) in [6, 6.07) is 6.98. The van der Waals surface area contributed by atoms with Gasteiger partial charge in [-0.05, 0) is 42.5 Å². The molecule has 0 spiro atoms. The fourth-order valence-corrected chi connectivity index (χ4v) is 2.15. The summed E-state index contributed by atoms with van der Waals surface area (Å²) in [6.45, 7) is 6.92. The number of methoxy groups -OCH3 is 1. The van der Waals surface area contributed by atoms with Gasteiger partial charge < -0.3 is 15.2 Å². The first kappa shape index (κ1) is 16.7. The predicted molar refractivity (Wildman–Crippen MR) is 80.0 cm³/mol. The molecule has 112 valence electrons. The number of hydrogen-bond acceptors (Lipinski definition) is 3. The Morgan fingerprint density at radius 1 is 1.30 bits per heavy atom.